The number of carbonyl (C=O) groups excluding carboxylic acids is 1. The van der Waals surface area contributed by atoms with Crippen LogP contribution in [0.1, 0.15) is 26.2 Å². The molecule has 1 heterocycles. The van der Waals surface area contributed by atoms with Crippen molar-refractivity contribution in [3.63, 3.8) is 0 Å². The Morgan fingerprint density at radius 2 is 2.00 bits per heavy atom. The zero-order valence-corrected chi connectivity index (χ0v) is 7.08. The molecule has 0 aromatic carbocycles. The summed E-state index contributed by atoms with van der Waals surface area (Å²) in [6, 6.07) is 0. The van der Waals surface area contributed by atoms with E-state index >= 15 is 0 Å². The van der Waals surface area contributed by atoms with Crippen LogP contribution in [-0.4, -0.2) is 18.5 Å². The lowest BCUT2D eigenvalue weighted by Crippen LogP contribution is -2.33. The van der Waals surface area contributed by atoms with Gasteiger partial charge in [-0.05, 0) is 13.3 Å². The third-order valence-corrected chi connectivity index (χ3v) is 2.32. The van der Waals surface area contributed by atoms with Crippen molar-refractivity contribution >= 4 is 6.29 Å². The number of ether oxygens (including phenoxy) is 2. The Balaban J connectivity index is 2.16. The molecule has 0 aromatic rings. The highest BCUT2D eigenvalue weighted by atomic mass is 16.6. The smallest absolute Gasteiger partial charge is 0.189 e. The molecule has 2 aliphatic rings. The zero-order chi connectivity index (χ0) is 8.55. The molecule has 1 aliphatic carbocycles. The van der Waals surface area contributed by atoms with Crippen LogP contribution in [0.15, 0.2) is 11.5 Å². The van der Waals surface area contributed by atoms with Gasteiger partial charge in [0.15, 0.2) is 12.4 Å². The summed E-state index contributed by atoms with van der Waals surface area (Å²) >= 11 is 0. The Hall–Kier alpha value is -0.990. The SMILES string of the molecule is CC1OC2=C(CCC2)OC1C=O. The fourth-order valence-corrected chi connectivity index (χ4v) is 1.63. The lowest BCUT2D eigenvalue weighted by Gasteiger charge is -2.28. The number of rotatable bonds is 1. The molecule has 12 heavy (non-hydrogen) atoms. The average molecular weight is 168 g/mol. The first-order valence-electron chi connectivity index (χ1n) is 4.32. The normalized spacial score (nSPS) is 33.8. The molecule has 0 spiro atoms. The molecule has 3 nitrogen and oxygen atoms in total. The maximum absolute atomic E-state index is 10.5. The fraction of sp³-hybridized carbons (Fsp3) is 0.667. The predicted octanol–water partition coefficient (Wildman–Crippen LogP) is 1.38. The molecule has 0 fully saturated rings. The molecule has 3 heteroatoms. The highest BCUT2D eigenvalue weighted by molar-refractivity contribution is 5.57. The summed E-state index contributed by atoms with van der Waals surface area (Å²) in [5.41, 5.74) is 0. The van der Waals surface area contributed by atoms with E-state index in [4.69, 9.17) is 9.47 Å². The molecule has 2 unspecified atom stereocenters. The summed E-state index contributed by atoms with van der Waals surface area (Å²) in [6.45, 7) is 1.86. The predicted molar refractivity (Wildman–Crippen MR) is 42.4 cm³/mol. The van der Waals surface area contributed by atoms with E-state index < -0.39 is 6.10 Å². The molecule has 0 radical (unpaired) electrons. The summed E-state index contributed by atoms with van der Waals surface area (Å²) in [7, 11) is 0. The van der Waals surface area contributed by atoms with Gasteiger partial charge in [-0.15, -0.1) is 0 Å². The largest absolute Gasteiger partial charge is 0.487 e. The van der Waals surface area contributed by atoms with Gasteiger partial charge in [0, 0.05) is 12.8 Å². The van der Waals surface area contributed by atoms with E-state index in [1.807, 2.05) is 6.92 Å². The van der Waals surface area contributed by atoms with Crippen molar-refractivity contribution in [1.29, 1.82) is 0 Å². The minimum absolute atomic E-state index is 0.126. The minimum Gasteiger partial charge on any atom is -0.487 e. The molecule has 2 atom stereocenters. The number of carbonyl (C=O) groups is 1. The van der Waals surface area contributed by atoms with E-state index in [0.717, 1.165) is 37.1 Å². The summed E-state index contributed by atoms with van der Waals surface area (Å²) in [4.78, 5) is 10.5. The van der Waals surface area contributed by atoms with Gasteiger partial charge in [-0.2, -0.15) is 0 Å². The maximum Gasteiger partial charge on any atom is 0.189 e. The third kappa shape index (κ3) is 1.09. The van der Waals surface area contributed by atoms with E-state index in [1.54, 1.807) is 0 Å². The van der Waals surface area contributed by atoms with Crippen LogP contribution < -0.4 is 0 Å². The lowest BCUT2D eigenvalue weighted by molar-refractivity contribution is -0.126. The minimum atomic E-state index is -0.401. The van der Waals surface area contributed by atoms with Gasteiger partial charge in [0.2, 0.25) is 0 Å². The van der Waals surface area contributed by atoms with Gasteiger partial charge in [-0.1, -0.05) is 0 Å². The Kier molecular flexibility index (Phi) is 1.79. The summed E-state index contributed by atoms with van der Waals surface area (Å²) in [5, 5.41) is 0. The molecule has 0 saturated heterocycles. The van der Waals surface area contributed by atoms with E-state index in [9.17, 15) is 4.79 Å². The summed E-state index contributed by atoms with van der Waals surface area (Å²) in [6.07, 6.45) is 3.26. The van der Waals surface area contributed by atoms with Crippen molar-refractivity contribution in [2.75, 3.05) is 0 Å². The summed E-state index contributed by atoms with van der Waals surface area (Å²) in [5.74, 6) is 1.85. The maximum atomic E-state index is 10.5. The number of allylic oxidation sites excluding steroid dienone is 2. The average Bonchev–Trinajstić information content (AvgIpc) is 2.49. The zero-order valence-electron chi connectivity index (χ0n) is 7.08. The monoisotopic (exact) mass is 168 g/mol. The van der Waals surface area contributed by atoms with Crippen LogP contribution in [0.5, 0.6) is 0 Å². The van der Waals surface area contributed by atoms with E-state index in [2.05, 4.69) is 0 Å². The second-order valence-corrected chi connectivity index (χ2v) is 3.24. The van der Waals surface area contributed by atoms with Crippen LogP contribution in [0.25, 0.3) is 0 Å². The topological polar surface area (TPSA) is 35.5 Å². The van der Waals surface area contributed by atoms with Crippen LogP contribution >= 0.6 is 0 Å². The van der Waals surface area contributed by atoms with Crippen molar-refractivity contribution < 1.29 is 14.3 Å². The van der Waals surface area contributed by atoms with E-state index in [-0.39, 0.29) is 6.10 Å². The van der Waals surface area contributed by atoms with Crippen LogP contribution in [0.4, 0.5) is 0 Å². The van der Waals surface area contributed by atoms with Crippen molar-refractivity contribution in [3.05, 3.63) is 11.5 Å². The van der Waals surface area contributed by atoms with Gasteiger partial charge in [-0.3, -0.25) is 4.79 Å². The van der Waals surface area contributed by atoms with Crippen LogP contribution in [0.3, 0.4) is 0 Å². The molecule has 0 saturated carbocycles. The molecule has 0 amide bonds. The van der Waals surface area contributed by atoms with Crippen molar-refractivity contribution in [3.8, 4) is 0 Å². The Bertz CT molecular complexity index is 232. The third-order valence-electron chi connectivity index (χ3n) is 2.32. The first-order chi connectivity index (χ1) is 5.81. The van der Waals surface area contributed by atoms with Gasteiger partial charge >= 0.3 is 0 Å². The first kappa shape index (κ1) is 7.65. The van der Waals surface area contributed by atoms with Gasteiger partial charge in [0.1, 0.15) is 17.6 Å². The van der Waals surface area contributed by atoms with Crippen molar-refractivity contribution in [2.24, 2.45) is 0 Å². The van der Waals surface area contributed by atoms with Crippen LogP contribution in [-0.2, 0) is 14.3 Å². The molecular weight excluding hydrogens is 156 g/mol. The summed E-state index contributed by atoms with van der Waals surface area (Å²) < 4.78 is 11.0. The van der Waals surface area contributed by atoms with E-state index in [0.29, 0.717) is 0 Å². The Morgan fingerprint density at radius 1 is 1.33 bits per heavy atom. The Labute approximate surface area is 71.3 Å². The number of hydrogen-bond donors (Lipinski definition) is 0. The highest BCUT2D eigenvalue weighted by Crippen LogP contribution is 2.33. The molecule has 66 valence electrons. The van der Waals surface area contributed by atoms with Gasteiger partial charge in [0.25, 0.3) is 0 Å². The van der Waals surface area contributed by atoms with Crippen molar-refractivity contribution in [1.82, 2.24) is 0 Å². The molecule has 2 rings (SSSR count). The second kappa shape index (κ2) is 2.81. The standard InChI is InChI=1S/C9H12O3/c1-6-9(5-10)12-8-4-2-3-7(8)11-6/h5-6,9H,2-4H2,1H3. The fourth-order valence-electron chi connectivity index (χ4n) is 1.63. The lowest BCUT2D eigenvalue weighted by atomic mass is 10.2. The van der Waals surface area contributed by atoms with Gasteiger partial charge in [-0.25, -0.2) is 0 Å². The van der Waals surface area contributed by atoms with Gasteiger partial charge < -0.3 is 9.47 Å². The van der Waals surface area contributed by atoms with E-state index in [1.165, 1.54) is 0 Å². The van der Waals surface area contributed by atoms with Gasteiger partial charge in [0.05, 0.1) is 0 Å². The first-order valence-corrected chi connectivity index (χ1v) is 4.32. The quantitative estimate of drug-likeness (QED) is 0.555. The molecule has 0 aromatic heterocycles. The molecular formula is C9H12O3. The molecule has 0 bridgehead atoms. The number of hydrogen-bond acceptors (Lipinski definition) is 3. The highest BCUT2D eigenvalue weighted by Gasteiger charge is 2.31. The number of aldehydes is 1. The van der Waals surface area contributed by atoms with Crippen LogP contribution in [0.2, 0.25) is 0 Å². The second-order valence-electron chi connectivity index (χ2n) is 3.24. The Morgan fingerprint density at radius 3 is 2.67 bits per heavy atom. The molecule has 1 aliphatic heterocycles. The van der Waals surface area contributed by atoms with Crippen molar-refractivity contribution in [2.45, 2.75) is 38.4 Å². The van der Waals surface area contributed by atoms with Crippen LogP contribution in [0, 0.1) is 0 Å². The molecule has 0 N–H and O–H groups in total.